The second-order valence-corrected chi connectivity index (χ2v) is 6.28. The van der Waals surface area contributed by atoms with E-state index in [0.717, 1.165) is 36.2 Å². The number of hydrogen-bond donors (Lipinski definition) is 2. The molecule has 5 heteroatoms. The lowest BCUT2D eigenvalue weighted by Gasteiger charge is -2.39. The van der Waals surface area contributed by atoms with Gasteiger partial charge in [-0.3, -0.25) is 0 Å². The van der Waals surface area contributed by atoms with Crippen LogP contribution >= 0.6 is 15.9 Å². The summed E-state index contributed by atoms with van der Waals surface area (Å²) >= 11 is 3.39. The summed E-state index contributed by atoms with van der Waals surface area (Å²) in [5.41, 5.74) is 0.0254. The van der Waals surface area contributed by atoms with E-state index in [9.17, 15) is 9.90 Å². The maximum Gasteiger partial charge on any atom is 0.329 e. The van der Waals surface area contributed by atoms with Crippen molar-refractivity contribution < 1.29 is 9.90 Å². The lowest BCUT2D eigenvalue weighted by Crippen LogP contribution is -2.54. The van der Waals surface area contributed by atoms with Crippen LogP contribution in [0.3, 0.4) is 0 Å². The first kappa shape index (κ1) is 15.3. The molecule has 0 spiro atoms. The zero-order chi connectivity index (χ0) is 14.6. The Labute approximate surface area is 128 Å². The number of carboxylic acids is 1. The van der Waals surface area contributed by atoms with Gasteiger partial charge in [0.15, 0.2) is 0 Å². The van der Waals surface area contributed by atoms with Crippen molar-refractivity contribution >= 4 is 27.6 Å². The molecule has 0 atom stereocenters. The summed E-state index contributed by atoms with van der Waals surface area (Å²) in [7, 11) is 0. The van der Waals surface area contributed by atoms with Gasteiger partial charge in [0, 0.05) is 23.2 Å². The van der Waals surface area contributed by atoms with Crippen molar-refractivity contribution in [2.45, 2.75) is 31.7 Å². The number of halogens is 1. The van der Waals surface area contributed by atoms with E-state index in [-0.39, 0.29) is 0 Å². The Morgan fingerprint density at radius 1 is 1.35 bits per heavy atom. The average molecular weight is 341 g/mol. The summed E-state index contributed by atoms with van der Waals surface area (Å²) < 4.78 is 0.991. The molecule has 0 aromatic heterocycles. The van der Waals surface area contributed by atoms with E-state index < -0.39 is 11.5 Å². The molecular weight excluding hydrogens is 320 g/mol. The molecule has 2 N–H and O–H groups in total. The number of anilines is 1. The summed E-state index contributed by atoms with van der Waals surface area (Å²) in [4.78, 5) is 14.1. The molecule has 1 heterocycles. The zero-order valence-corrected chi connectivity index (χ0v) is 13.3. The van der Waals surface area contributed by atoms with Crippen molar-refractivity contribution in [2.75, 3.05) is 25.0 Å². The third-order valence-corrected chi connectivity index (χ3v) is 4.42. The lowest BCUT2D eigenvalue weighted by atomic mass is 9.87. The van der Waals surface area contributed by atoms with E-state index in [4.69, 9.17) is 0 Å². The van der Waals surface area contributed by atoms with E-state index in [1.165, 1.54) is 0 Å². The molecule has 1 fully saturated rings. The Hall–Kier alpha value is -1.07. The van der Waals surface area contributed by atoms with Gasteiger partial charge in [0.05, 0.1) is 0 Å². The summed E-state index contributed by atoms with van der Waals surface area (Å²) in [6.07, 6.45) is 2.39. The summed E-state index contributed by atoms with van der Waals surface area (Å²) in [5, 5.41) is 12.9. The van der Waals surface area contributed by atoms with Gasteiger partial charge < -0.3 is 15.3 Å². The van der Waals surface area contributed by atoms with Crippen molar-refractivity contribution in [3.05, 3.63) is 28.7 Å². The monoisotopic (exact) mass is 340 g/mol. The molecule has 2 rings (SSSR count). The second kappa shape index (κ2) is 6.59. The van der Waals surface area contributed by atoms with Crippen LogP contribution in [0.1, 0.15) is 26.2 Å². The second-order valence-electron chi connectivity index (χ2n) is 5.36. The Kier molecular flexibility index (Phi) is 5.05. The minimum absolute atomic E-state index is 0.637. The average Bonchev–Trinajstić information content (AvgIpc) is 2.44. The number of aliphatic carboxylic acids is 1. The van der Waals surface area contributed by atoms with Gasteiger partial charge in [-0.25, -0.2) is 4.79 Å². The number of rotatable bonds is 5. The maximum absolute atomic E-state index is 11.7. The fourth-order valence-corrected chi connectivity index (χ4v) is 2.94. The lowest BCUT2D eigenvalue weighted by molar-refractivity contribution is -0.144. The maximum atomic E-state index is 11.7. The quantitative estimate of drug-likeness (QED) is 0.864. The third kappa shape index (κ3) is 3.52. The van der Waals surface area contributed by atoms with Gasteiger partial charge in [0.1, 0.15) is 5.54 Å². The molecule has 1 aromatic rings. The zero-order valence-electron chi connectivity index (χ0n) is 11.7. The van der Waals surface area contributed by atoms with Crippen LogP contribution in [0.5, 0.6) is 0 Å². The number of carbonyl (C=O) groups is 1. The van der Waals surface area contributed by atoms with Crippen molar-refractivity contribution in [3.8, 4) is 0 Å². The van der Waals surface area contributed by atoms with Crippen LogP contribution in [-0.2, 0) is 4.79 Å². The molecule has 4 nitrogen and oxygen atoms in total. The first-order valence-corrected chi connectivity index (χ1v) is 7.84. The molecule has 0 aliphatic carbocycles. The fraction of sp³-hybridized carbons (Fsp3) is 0.533. The minimum Gasteiger partial charge on any atom is -0.480 e. The van der Waals surface area contributed by atoms with Gasteiger partial charge in [0.2, 0.25) is 0 Å². The molecule has 0 unspecified atom stereocenters. The van der Waals surface area contributed by atoms with Crippen LogP contribution in [0, 0.1) is 0 Å². The number of likely N-dealkylation sites (tertiary alicyclic amines) is 1. The van der Waals surface area contributed by atoms with Crippen LogP contribution in [0.2, 0.25) is 0 Å². The number of nitrogens with zero attached hydrogens (tertiary/aromatic N) is 1. The first-order valence-electron chi connectivity index (χ1n) is 7.05. The van der Waals surface area contributed by atoms with Gasteiger partial charge in [-0.2, -0.15) is 0 Å². The predicted molar refractivity (Wildman–Crippen MR) is 84.1 cm³/mol. The number of nitrogens with one attached hydrogen (secondary N) is 1. The topological polar surface area (TPSA) is 52.6 Å². The normalized spacial score (nSPS) is 18.7. The molecule has 0 bridgehead atoms. The van der Waals surface area contributed by atoms with Crippen LogP contribution in [-0.4, -0.2) is 41.1 Å². The van der Waals surface area contributed by atoms with Gasteiger partial charge >= 0.3 is 5.97 Å². The molecular formula is C15H21BrN2O2. The molecule has 20 heavy (non-hydrogen) atoms. The van der Waals surface area contributed by atoms with Gasteiger partial charge in [-0.05, 0) is 50.1 Å². The van der Waals surface area contributed by atoms with Crippen LogP contribution in [0.25, 0.3) is 0 Å². The molecule has 0 radical (unpaired) electrons. The smallest absolute Gasteiger partial charge is 0.329 e. The Morgan fingerprint density at radius 3 is 2.45 bits per heavy atom. The van der Waals surface area contributed by atoms with E-state index >= 15 is 0 Å². The van der Waals surface area contributed by atoms with E-state index in [0.29, 0.717) is 12.8 Å². The number of carboxylic acid groups (broad SMARTS) is 1. The van der Waals surface area contributed by atoms with E-state index in [1.807, 2.05) is 24.3 Å². The summed E-state index contributed by atoms with van der Waals surface area (Å²) in [6, 6.07) is 7.66. The standard InChI is InChI=1S/C15H21BrN2O2/c1-2-9-18-10-7-15(8-11-18,14(19)20)17-13-5-3-12(16)4-6-13/h3-6,17H,2,7-11H2,1H3,(H,19,20). The highest BCUT2D eigenvalue weighted by atomic mass is 79.9. The van der Waals surface area contributed by atoms with Gasteiger partial charge in [-0.15, -0.1) is 0 Å². The third-order valence-electron chi connectivity index (χ3n) is 3.89. The highest BCUT2D eigenvalue weighted by molar-refractivity contribution is 9.10. The van der Waals surface area contributed by atoms with Gasteiger partial charge in [-0.1, -0.05) is 22.9 Å². The van der Waals surface area contributed by atoms with Crippen molar-refractivity contribution in [3.63, 3.8) is 0 Å². The first-order chi connectivity index (χ1) is 9.55. The van der Waals surface area contributed by atoms with Crippen molar-refractivity contribution in [1.29, 1.82) is 0 Å². The Balaban J connectivity index is 2.08. The van der Waals surface area contributed by atoms with Gasteiger partial charge in [0.25, 0.3) is 0 Å². The molecule has 110 valence electrons. The molecule has 1 saturated heterocycles. The fourth-order valence-electron chi connectivity index (χ4n) is 2.68. The minimum atomic E-state index is -0.835. The summed E-state index contributed by atoms with van der Waals surface area (Å²) in [6.45, 7) is 4.88. The number of benzene rings is 1. The Morgan fingerprint density at radius 2 is 1.95 bits per heavy atom. The molecule has 0 saturated carbocycles. The van der Waals surface area contributed by atoms with Crippen LogP contribution < -0.4 is 5.32 Å². The highest BCUT2D eigenvalue weighted by Gasteiger charge is 2.41. The molecule has 0 amide bonds. The Bertz CT molecular complexity index is 453. The molecule has 1 aliphatic heterocycles. The van der Waals surface area contributed by atoms with Crippen LogP contribution in [0.15, 0.2) is 28.7 Å². The van der Waals surface area contributed by atoms with Crippen molar-refractivity contribution in [2.24, 2.45) is 0 Å². The largest absolute Gasteiger partial charge is 0.480 e. The number of piperidine rings is 1. The SMILES string of the molecule is CCCN1CCC(Nc2ccc(Br)cc2)(C(=O)O)CC1. The van der Waals surface area contributed by atoms with E-state index in [2.05, 4.69) is 33.1 Å². The highest BCUT2D eigenvalue weighted by Crippen LogP contribution is 2.28. The molecule has 1 aliphatic rings. The van der Waals surface area contributed by atoms with E-state index in [1.54, 1.807) is 0 Å². The molecule has 1 aromatic carbocycles. The number of hydrogen-bond acceptors (Lipinski definition) is 3. The van der Waals surface area contributed by atoms with Crippen LogP contribution in [0.4, 0.5) is 5.69 Å². The summed E-state index contributed by atoms with van der Waals surface area (Å²) in [5.74, 6) is -0.753. The van der Waals surface area contributed by atoms with Crippen molar-refractivity contribution in [1.82, 2.24) is 4.90 Å². The predicted octanol–water partition coefficient (Wildman–Crippen LogP) is 3.19.